The van der Waals surface area contributed by atoms with E-state index in [9.17, 15) is 4.79 Å². The van der Waals surface area contributed by atoms with Crippen LogP contribution in [0, 0.1) is 19.3 Å². The number of terminal acetylenes is 1. The lowest BCUT2D eigenvalue weighted by Crippen LogP contribution is -2.12. The second-order valence-corrected chi connectivity index (χ2v) is 2.98. The lowest BCUT2D eigenvalue weighted by atomic mass is 10.2. The van der Waals surface area contributed by atoms with Crippen molar-refractivity contribution >= 4 is 5.97 Å². The fraction of sp³-hybridized carbons (Fsp3) is 0.364. The average molecular weight is 207 g/mol. The summed E-state index contributed by atoms with van der Waals surface area (Å²) in [6, 6.07) is 1.66. The van der Waals surface area contributed by atoms with Crippen molar-refractivity contribution in [2.45, 2.75) is 13.5 Å². The standard InChI is InChI=1S/C11H13NO3/c1-4-5-12-7-9-6-10(8(2)15-9)11(13)14-3/h1,6,12H,5,7H2,2-3H3. The molecule has 0 radical (unpaired) electrons. The summed E-state index contributed by atoms with van der Waals surface area (Å²) in [4.78, 5) is 11.2. The van der Waals surface area contributed by atoms with Gasteiger partial charge in [0.2, 0.25) is 0 Å². The van der Waals surface area contributed by atoms with E-state index < -0.39 is 0 Å². The molecular formula is C11H13NO3. The molecule has 1 aromatic rings. The first-order valence-corrected chi connectivity index (χ1v) is 4.50. The van der Waals surface area contributed by atoms with Crippen molar-refractivity contribution < 1.29 is 13.9 Å². The Morgan fingerprint density at radius 1 is 1.73 bits per heavy atom. The minimum atomic E-state index is -0.389. The van der Waals surface area contributed by atoms with Crippen LogP contribution < -0.4 is 5.32 Å². The molecule has 0 fully saturated rings. The Morgan fingerprint density at radius 3 is 3.07 bits per heavy atom. The van der Waals surface area contributed by atoms with Crippen molar-refractivity contribution in [2.75, 3.05) is 13.7 Å². The van der Waals surface area contributed by atoms with Gasteiger partial charge in [0, 0.05) is 0 Å². The molecule has 0 bridgehead atoms. The number of nitrogens with one attached hydrogen (secondary N) is 1. The second kappa shape index (κ2) is 5.23. The van der Waals surface area contributed by atoms with Crippen LogP contribution >= 0.6 is 0 Å². The van der Waals surface area contributed by atoms with Gasteiger partial charge in [0.1, 0.15) is 17.1 Å². The number of carbonyl (C=O) groups excluding carboxylic acids is 1. The number of methoxy groups -OCH3 is 1. The Hall–Kier alpha value is -1.73. The molecule has 0 unspecified atom stereocenters. The first-order valence-electron chi connectivity index (χ1n) is 4.50. The van der Waals surface area contributed by atoms with Gasteiger partial charge < -0.3 is 9.15 Å². The predicted octanol–water partition coefficient (Wildman–Crippen LogP) is 1.10. The van der Waals surface area contributed by atoms with Crippen LogP contribution in [0.25, 0.3) is 0 Å². The van der Waals surface area contributed by atoms with Crippen molar-refractivity contribution in [1.29, 1.82) is 0 Å². The summed E-state index contributed by atoms with van der Waals surface area (Å²) in [5.74, 6) is 3.28. The minimum Gasteiger partial charge on any atom is -0.465 e. The molecule has 4 heteroatoms. The number of ether oxygens (including phenoxy) is 1. The molecule has 0 saturated heterocycles. The molecule has 15 heavy (non-hydrogen) atoms. The molecule has 1 rings (SSSR count). The fourth-order valence-corrected chi connectivity index (χ4v) is 1.20. The molecule has 80 valence electrons. The highest BCUT2D eigenvalue weighted by atomic mass is 16.5. The zero-order valence-corrected chi connectivity index (χ0v) is 8.79. The second-order valence-electron chi connectivity index (χ2n) is 2.98. The van der Waals surface area contributed by atoms with E-state index in [2.05, 4.69) is 16.0 Å². The van der Waals surface area contributed by atoms with Crippen LogP contribution in [-0.2, 0) is 11.3 Å². The van der Waals surface area contributed by atoms with Gasteiger partial charge in [-0.05, 0) is 13.0 Å². The Kier molecular flexibility index (Phi) is 3.95. The van der Waals surface area contributed by atoms with Crippen molar-refractivity contribution in [3.63, 3.8) is 0 Å². The van der Waals surface area contributed by atoms with Crippen LogP contribution in [0.3, 0.4) is 0 Å². The molecule has 0 aromatic carbocycles. The van der Waals surface area contributed by atoms with Gasteiger partial charge in [0.05, 0.1) is 20.2 Å². The topological polar surface area (TPSA) is 51.5 Å². The fourth-order valence-electron chi connectivity index (χ4n) is 1.20. The van der Waals surface area contributed by atoms with E-state index in [4.69, 9.17) is 10.8 Å². The Bertz CT molecular complexity index is 387. The lowest BCUT2D eigenvalue weighted by molar-refractivity contribution is 0.0599. The molecule has 0 aliphatic carbocycles. The third-order valence-electron chi connectivity index (χ3n) is 1.90. The Balaban J connectivity index is 2.69. The maximum atomic E-state index is 11.2. The summed E-state index contributed by atoms with van der Waals surface area (Å²) in [7, 11) is 1.34. The molecular weight excluding hydrogens is 194 g/mol. The van der Waals surface area contributed by atoms with Gasteiger partial charge in [-0.15, -0.1) is 6.42 Å². The molecule has 0 amide bonds. The first-order chi connectivity index (χ1) is 7.19. The van der Waals surface area contributed by atoms with Gasteiger partial charge in [-0.2, -0.15) is 0 Å². The molecule has 0 aliphatic heterocycles. The number of aryl methyl sites for hydroxylation is 1. The predicted molar refractivity (Wildman–Crippen MR) is 55.3 cm³/mol. The summed E-state index contributed by atoms with van der Waals surface area (Å²) in [6.45, 7) is 2.69. The lowest BCUT2D eigenvalue weighted by Gasteiger charge is -1.94. The highest BCUT2D eigenvalue weighted by molar-refractivity contribution is 5.90. The zero-order valence-electron chi connectivity index (χ0n) is 8.79. The van der Waals surface area contributed by atoms with E-state index in [0.29, 0.717) is 30.2 Å². The summed E-state index contributed by atoms with van der Waals surface area (Å²) >= 11 is 0. The monoisotopic (exact) mass is 207 g/mol. The van der Waals surface area contributed by atoms with Crippen LogP contribution in [0.5, 0.6) is 0 Å². The highest BCUT2D eigenvalue weighted by Crippen LogP contribution is 2.15. The van der Waals surface area contributed by atoms with Gasteiger partial charge >= 0.3 is 5.97 Å². The molecule has 0 atom stereocenters. The molecule has 0 spiro atoms. The average Bonchev–Trinajstić information content (AvgIpc) is 2.59. The van der Waals surface area contributed by atoms with E-state index >= 15 is 0 Å². The molecule has 1 heterocycles. The van der Waals surface area contributed by atoms with Crippen molar-refractivity contribution in [3.8, 4) is 12.3 Å². The van der Waals surface area contributed by atoms with Crippen LogP contribution in [0.1, 0.15) is 21.9 Å². The Morgan fingerprint density at radius 2 is 2.47 bits per heavy atom. The minimum absolute atomic E-state index is 0.389. The number of hydrogen-bond acceptors (Lipinski definition) is 4. The van der Waals surface area contributed by atoms with Crippen LogP contribution in [0.4, 0.5) is 0 Å². The molecule has 1 aromatic heterocycles. The largest absolute Gasteiger partial charge is 0.465 e. The third kappa shape index (κ3) is 2.86. The van der Waals surface area contributed by atoms with E-state index in [1.165, 1.54) is 7.11 Å². The molecule has 0 aliphatic rings. The van der Waals surface area contributed by atoms with Crippen molar-refractivity contribution in [1.82, 2.24) is 5.32 Å². The Labute approximate surface area is 88.6 Å². The van der Waals surface area contributed by atoms with Crippen LogP contribution in [0.2, 0.25) is 0 Å². The summed E-state index contributed by atoms with van der Waals surface area (Å²) in [5.41, 5.74) is 0.454. The number of esters is 1. The number of carbonyl (C=O) groups is 1. The quantitative estimate of drug-likeness (QED) is 0.456. The van der Waals surface area contributed by atoms with E-state index in [-0.39, 0.29) is 5.97 Å². The number of hydrogen-bond donors (Lipinski definition) is 1. The normalized spacial score (nSPS) is 9.67. The van der Waals surface area contributed by atoms with Crippen molar-refractivity contribution in [2.24, 2.45) is 0 Å². The van der Waals surface area contributed by atoms with Crippen LogP contribution in [0.15, 0.2) is 10.5 Å². The third-order valence-corrected chi connectivity index (χ3v) is 1.90. The highest BCUT2D eigenvalue weighted by Gasteiger charge is 2.14. The summed E-state index contributed by atoms with van der Waals surface area (Å²) < 4.78 is 9.96. The number of rotatable bonds is 4. The maximum absolute atomic E-state index is 11.2. The van der Waals surface area contributed by atoms with Crippen LogP contribution in [-0.4, -0.2) is 19.6 Å². The van der Waals surface area contributed by atoms with E-state index in [1.54, 1.807) is 13.0 Å². The van der Waals surface area contributed by atoms with Gasteiger partial charge in [0.15, 0.2) is 0 Å². The zero-order chi connectivity index (χ0) is 11.3. The van der Waals surface area contributed by atoms with E-state index in [1.807, 2.05) is 0 Å². The van der Waals surface area contributed by atoms with Gasteiger partial charge in [-0.1, -0.05) is 5.92 Å². The molecule has 4 nitrogen and oxygen atoms in total. The smallest absolute Gasteiger partial charge is 0.341 e. The molecule has 0 saturated carbocycles. The maximum Gasteiger partial charge on any atom is 0.341 e. The van der Waals surface area contributed by atoms with E-state index in [0.717, 1.165) is 0 Å². The summed E-state index contributed by atoms with van der Waals surface area (Å²) in [6.07, 6.45) is 5.08. The summed E-state index contributed by atoms with van der Waals surface area (Å²) in [5, 5.41) is 2.97. The molecule has 1 N–H and O–H groups in total. The first kappa shape index (κ1) is 11.3. The van der Waals surface area contributed by atoms with Gasteiger partial charge in [0.25, 0.3) is 0 Å². The SMILES string of the molecule is C#CCNCc1cc(C(=O)OC)c(C)o1. The van der Waals surface area contributed by atoms with Gasteiger partial charge in [-0.25, -0.2) is 4.79 Å². The number of furan rings is 1. The van der Waals surface area contributed by atoms with Gasteiger partial charge in [-0.3, -0.25) is 5.32 Å². The van der Waals surface area contributed by atoms with Crippen molar-refractivity contribution in [3.05, 3.63) is 23.2 Å².